The maximum absolute atomic E-state index is 5.87. The number of hydrogen-bond acceptors (Lipinski definition) is 3. The predicted octanol–water partition coefficient (Wildman–Crippen LogP) is 2.73. The summed E-state index contributed by atoms with van der Waals surface area (Å²) in [7, 11) is 1.96. The lowest BCUT2D eigenvalue weighted by Crippen LogP contribution is -2.25. The molecule has 1 aromatic rings. The molecule has 2 atom stereocenters. The average molecular weight is 314 g/mol. The fraction of sp³-hybridized carbons (Fsp3) is 0.571. The molecule has 2 unspecified atom stereocenters. The quantitative estimate of drug-likeness (QED) is 0.876. The molecule has 0 spiro atoms. The first-order chi connectivity index (χ1) is 8.78. The molecule has 4 heteroatoms. The van der Waals surface area contributed by atoms with Crippen molar-refractivity contribution in [3.05, 3.63) is 34.3 Å². The van der Waals surface area contributed by atoms with Gasteiger partial charge in [-0.2, -0.15) is 0 Å². The molecule has 0 bridgehead atoms. The summed E-state index contributed by atoms with van der Waals surface area (Å²) in [5.74, 6) is 0. The van der Waals surface area contributed by atoms with E-state index in [4.69, 9.17) is 9.47 Å². The molecule has 0 amide bonds. The highest BCUT2D eigenvalue weighted by molar-refractivity contribution is 9.10. The molecule has 1 aromatic carbocycles. The second-order valence-corrected chi connectivity index (χ2v) is 5.58. The Kier molecular flexibility index (Phi) is 5.63. The number of hydrogen-bond donors (Lipinski definition) is 1. The van der Waals surface area contributed by atoms with E-state index in [9.17, 15) is 0 Å². The molecule has 0 aliphatic carbocycles. The van der Waals surface area contributed by atoms with Crippen molar-refractivity contribution < 1.29 is 9.47 Å². The topological polar surface area (TPSA) is 30.5 Å². The van der Waals surface area contributed by atoms with Crippen molar-refractivity contribution in [2.75, 3.05) is 20.2 Å². The molecule has 1 fully saturated rings. The minimum atomic E-state index is 0.260. The Hall–Kier alpha value is -0.420. The van der Waals surface area contributed by atoms with Gasteiger partial charge in [-0.05, 0) is 37.6 Å². The molecule has 1 heterocycles. The number of benzene rings is 1. The van der Waals surface area contributed by atoms with E-state index >= 15 is 0 Å². The zero-order valence-electron chi connectivity index (χ0n) is 10.7. The molecule has 0 aromatic heterocycles. The molecule has 0 radical (unpaired) electrons. The van der Waals surface area contributed by atoms with Crippen molar-refractivity contribution in [2.45, 2.75) is 31.7 Å². The molecule has 18 heavy (non-hydrogen) atoms. The molecular formula is C14H20BrNO2. The fourth-order valence-corrected chi connectivity index (χ4v) is 2.66. The van der Waals surface area contributed by atoms with Crippen molar-refractivity contribution in [1.82, 2.24) is 5.32 Å². The van der Waals surface area contributed by atoms with E-state index in [1.165, 1.54) is 5.56 Å². The molecule has 1 aliphatic rings. The summed E-state index contributed by atoms with van der Waals surface area (Å²) in [6.07, 6.45) is 2.85. The van der Waals surface area contributed by atoms with E-state index in [-0.39, 0.29) is 6.10 Å². The molecule has 0 saturated carbocycles. The smallest absolute Gasteiger partial charge is 0.0814 e. The van der Waals surface area contributed by atoms with Gasteiger partial charge in [-0.15, -0.1) is 0 Å². The first kappa shape index (κ1) is 14.0. The normalized spacial score (nSPS) is 23.4. The lowest BCUT2D eigenvalue weighted by molar-refractivity contribution is -0.0185. The van der Waals surface area contributed by atoms with E-state index in [1.54, 1.807) is 0 Å². The van der Waals surface area contributed by atoms with Crippen LogP contribution >= 0.6 is 15.9 Å². The Labute approximate surface area is 117 Å². The van der Waals surface area contributed by atoms with E-state index in [0.717, 1.165) is 23.9 Å². The van der Waals surface area contributed by atoms with Gasteiger partial charge in [0.05, 0.1) is 25.4 Å². The summed E-state index contributed by atoms with van der Waals surface area (Å²) in [4.78, 5) is 0. The number of halogens is 1. The van der Waals surface area contributed by atoms with Crippen molar-refractivity contribution in [1.29, 1.82) is 0 Å². The van der Waals surface area contributed by atoms with Gasteiger partial charge in [-0.3, -0.25) is 0 Å². The maximum Gasteiger partial charge on any atom is 0.0814 e. The van der Waals surface area contributed by atoms with Crippen LogP contribution in [0.25, 0.3) is 0 Å². The first-order valence-corrected chi connectivity index (χ1v) is 7.19. The van der Waals surface area contributed by atoms with E-state index in [0.29, 0.717) is 19.3 Å². The highest BCUT2D eigenvalue weighted by atomic mass is 79.9. The molecule has 100 valence electrons. The highest BCUT2D eigenvalue weighted by Gasteiger charge is 2.24. The second kappa shape index (κ2) is 7.24. The van der Waals surface area contributed by atoms with Crippen molar-refractivity contribution in [3.8, 4) is 0 Å². The monoisotopic (exact) mass is 313 g/mol. The van der Waals surface area contributed by atoms with Gasteiger partial charge in [-0.1, -0.05) is 28.1 Å². The Bertz CT molecular complexity index is 373. The summed E-state index contributed by atoms with van der Waals surface area (Å²) in [6, 6.07) is 8.20. The SMILES string of the molecule is CNCC1CCC(COCc2cccc(Br)c2)O1. The Morgan fingerprint density at radius 2 is 2.22 bits per heavy atom. The van der Waals surface area contributed by atoms with Crippen molar-refractivity contribution >= 4 is 15.9 Å². The third-order valence-electron chi connectivity index (χ3n) is 3.09. The third kappa shape index (κ3) is 4.35. The van der Waals surface area contributed by atoms with Gasteiger partial charge < -0.3 is 14.8 Å². The van der Waals surface area contributed by atoms with E-state index in [2.05, 4.69) is 33.4 Å². The second-order valence-electron chi connectivity index (χ2n) is 4.66. The Morgan fingerprint density at radius 1 is 1.39 bits per heavy atom. The Balaban J connectivity index is 1.67. The average Bonchev–Trinajstić information content (AvgIpc) is 2.78. The fourth-order valence-electron chi connectivity index (χ4n) is 2.22. The van der Waals surface area contributed by atoms with Crippen LogP contribution in [0, 0.1) is 0 Å². The summed E-state index contributed by atoms with van der Waals surface area (Å²) in [5.41, 5.74) is 1.19. The van der Waals surface area contributed by atoms with Crippen LogP contribution in [-0.4, -0.2) is 32.4 Å². The summed E-state index contributed by atoms with van der Waals surface area (Å²) in [6.45, 7) is 2.27. The van der Waals surface area contributed by atoms with Crippen LogP contribution in [0.15, 0.2) is 28.7 Å². The van der Waals surface area contributed by atoms with Crippen LogP contribution in [-0.2, 0) is 16.1 Å². The summed E-state index contributed by atoms with van der Waals surface area (Å²) >= 11 is 3.46. The maximum atomic E-state index is 5.87. The number of likely N-dealkylation sites (N-methyl/N-ethyl adjacent to an activating group) is 1. The predicted molar refractivity (Wildman–Crippen MR) is 75.6 cm³/mol. The molecular weight excluding hydrogens is 294 g/mol. The van der Waals surface area contributed by atoms with Crippen molar-refractivity contribution in [3.63, 3.8) is 0 Å². The summed E-state index contributed by atoms with van der Waals surface area (Å²) < 4.78 is 12.7. The summed E-state index contributed by atoms with van der Waals surface area (Å²) in [5, 5.41) is 3.15. The van der Waals surface area contributed by atoms with Crippen LogP contribution in [0.1, 0.15) is 18.4 Å². The third-order valence-corrected chi connectivity index (χ3v) is 3.58. The number of rotatable bonds is 6. The molecule has 3 nitrogen and oxygen atoms in total. The Morgan fingerprint density at radius 3 is 3.00 bits per heavy atom. The molecule has 2 rings (SSSR count). The largest absolute Gasteiger partial charge is 0.374 e. The van der Waals surface area contributed by atoms with Crippen LogP contribution < -0.4 is 5.32 Å². The molecule has 1 saturated heterocycles. The minimum absolute atomic E-state index is 0.260. The van der Waals surface area contributed by atoms with Gasteiger partial charge in [0.25, 0.3) is 0 Å². The van der Waals surface area contributed by atoms with Gasteiger partial charge in [0, 0.05) is 11.0 Å². The van der Waals surface area contributed by atoms with Crippen LogP contribution in [0.5, 0.6) is 0 Å². The van der Waals surface area contributed by atoms with Gasteiger partial charge in [0.1, 0.15) is 0 Å². The standard InChI is InChI=1S/C14H20BrNO2/c1-16-8-13-5-6-14(18-13)10-17-9-11-3-2-4-12(15)7-11/h2-4,7,13-14,16H,5-6,8-10H2,1H3. The van der Waals surface area contributed by atoms with E-state index in [1.807, 2.05) is 19.2 Å². The van der Waals surface area contributed by atoms with Crippen LogP contribution in [0.4, 0.5) is 0 Å². The van der Waals surface area contributed by atoms with E-state index < -0.39 is 0 Å². The number of nitrogens with one attached hydrogen (secondary N) is 1. The van der Waals surface area contributed by atoms with Crippen LogP contribution in [0.3, 0.4) is 0 Å². The lowest BCUT2D eigenvalue weighted by Gasteiger charge is -2.13. The van der Waals surface area contributed by atoms with Gasteiger partial charge in [0.2, 0.25) is 0 Å². The van der Waals surface area contributed by atoms with Gasteiger partial charge >= 0.3 is 0 Å². The highest BCUT2D eigenvalue weighted by Crippen LogP contribution is 2.20. The van der Waals surface area contributed by atoms with Gasteiger partial charge in [0.15, 0.2) is 0 Å². The first-order valence-electron chi connectivity index (χ1n) is 6.40. The zero-order valence-corrected chi connectivity index (χ0v) is 12.3. The number of ether oxygens (including phenoxy) is 2. The van der Waals surface area contributed by atoms with Crippen molar-refractivity contribution in [2.24, 2.45) is 0 Å². The van der Waals surface area contributed by atoms with Gasteiger partial charge in [-0.25, -0.2) is 0 Å². The lowest BCUT2D eigenvalue weighted by atomic mass is 10.2. The molecule has 1 N–H and O–H groups in total. The zero-order chi connectivity index (χ0) is 12.8. The minimum Gasteiger partial charge on any atom is -0.374 e. The molecule has 1 aliphatic heterocycles. The van der Waals surface area contributed by atoms with Crippen LogP contribution in [0.2, 0.25) is 0 Å².